The van der Waals surface area contributed by atoms with Crippen LogP contribution >= 0.6 is 0 Å². The fourth-order valence-corrected chi connectivity index (χ4v) is 4.46. The molecule has 1 aliphatic heterocycles. The lowest BCUT2D eigenvalue weighted by atomic mass is 9.97. The van der Waals surface area contributed by atoms with Gasteiger partial charge in [-0.25, -0.2) is 0 Å². The average Bonchev–Trinajstić information content (AvgIpc) is 2.85. The molecule has 0 aromatic heterocycles. The Morgan fingerprint density at radius 3 is 1.95 bits per heavy atom. The summed E-state index contributed by atoms with van der Waals surface area (Å²) in [4.78, 5) is 47.7. The first-order valence-electron chi connectivity index (χ1n) is 13.6. The number of unbranched alkanes of at least 4 members (excludes halogenated alkanes) is 3. The van der Waals surface area contributed by atoms with Crippen molar-refractivity contribution in [1.82, 2.24) is 0 Å². The van der Waals surface area contributed by atoms with Crippen LogP contribution in [0.3, 0.4) is 0 Å². The third kappa shape index (κ3) is 9.39. The fourth-order valence-electron chi connectivity index (χ4n) is 4.46. The highest BCUT2D eigenvalue weighted by Crippen LogP contribution is 2.37. The van der Waals surface area contributed by atoms with Crippen LogP contribution in [0, 0.1) is 20.8 Å². The molecular formula is C29H42O11. The van der Waals surface area contributed by atoms with Gasteiger partial charge in [-0.1, -0.05) is 26.2 Å². The van der Waals surface area contributed by atoms with Crippen molar-refractivity contribution in [1.29, 1.82) is 0 Å². The lowest BCUT2D eigenvalue weighted by Gasteiger charge is -2.44. The third-order valence-corrected chi connectivity index (χ3v) is 6.42. The summed E-state index contributed by atoms with van der Waals surface area (Å²) in [7, 11) is 0. The SMILES string of the molecule is CCCCCCOc1cc(C)c(O[C@H]2O[C@H](COC(C)=O)[C@@H](OC(C)=O)[C@H](OC(C)=O)[C@@H]2OC(C)=O)c(C)c1C. The number of hydrogen-bond acceptors (Lipinski definition) is 11. The molecule has 1 aromatic rings. The lowest BCUT2D eigenvalue weighted by Crippen LogP contribution is -2.63. The maximum atomic E-state index is 12.1. The molecule has 5 atom stereocenters. The highest BCUT2D eigenvalue weighted by molar-refractivity contribution is 5.68. The Labute approximate surface area is 235 Å². The minimum absolute atomic E-state index is 0.334. The van der Waals surface area contributed by atoms with E-state index in [4.69, 9.17) is 33.2 Å². The van der Waals surface area contributed by atoms with E-state index in [1.54, 1.807) is 0 Å². The molecule has 1 aromatic carbocycles. The number of rotatable bonds is 13. The molecular weight excluding hydrogens is 524 g/mol. The summed E-state index contributed by atoms with van der Waals surface area (Å²) in [6.07, 6.45) is -1.93. The van der Waals surface area contributed by atoms with Crippen molar-refractivity contribution >= 4 is 23.9 Å². The minimum atomic E-state index is -1.31. The predicted octanol–water partition coefficient (Wildman–Crippen LogP) is 4.03. The van der Waals surface area contributed by atoms with Gasteiger partial charge in [0, 0.05) is 27.7 Å². The second-order valence-electron chi connectivity index (χ2n) is 9.87. The predicted molar refractivity (Wildman–Crippen MR) is 143 cm³/mol. The van der Waals surface area contributed by atoms with Crippen molar-refractivity contribution < 1.29 is 52.3 Å². The van der Waals surface area contributed by atoms with Gasteiger partial charge in [0.05, 0.1) is 6.61 Å². The molecule has 1 heterocycles. The van der Waals surface area contributed by atoms with Crippen LogP contribution in [0.2, 0.25) is 0 Å². The Kier molecular flexibility index (Phi) is 12.7. The van der Waals surface area contributed by atoms with Crippen molar-refractivity contribution in [3.63, 3.8) is 0 Å². The van der Waals surface area contributed by atoms with Crippen LogP contribution in [-0.2, 0) is 42.9 Å². The summed E-state index contributed by atoms with van der Waals surface area (Å²) < 4.78 is 39.9. The second kappa shape index (κ2) is 15.4. The van der Waals surface area contributed by atoms with E-state index in [1.807, 2.05) is 26.8 Å². The fraction of sp³-hybridized carbons (Fsp3) is 0.655. The van der Waals surface area contributed by atoms with E-state index < -0.39 is 54.6 Å². The number of aryl methyl sites for hydroxylation is 1. The largest absolute Gasteiger partial charge is 0.493 e. The maximum Gasteiger partial charge on any atom is 0.303 e. The van der Waals surface area contributed by atoms with Gasteiger partial charge in [-0.05, 0) is 49.9 Å². The molecule has 40 heavy (non-hydrogen) atoms. The van der Waals surface area contributed by atoms with E-state index in [0.29, 0.717) is 12.4 Å². The van der Waals surface area contributed by atoms with E-state index >= 15 is 0 Å². The first-order chi connectivity index (χ1) is 18.8. The molecule has 0 saturated carbocycles. The number of benzene rings is 1. The van der Waals surface area contributed by atoms with Gasteiger partial charge in [0.15, 0.2) is 12.2 Å². The third-order valence-electron chi connectivity index (χ3n) is 6.42. The van der Waals surface area contributed by atoms with E-state index in [1.165, 1.54) is 27.7 Å². The van der Waals surface area contributed by atoms with Gasteiger partial charge in [0.25, 0.3) is 0 Å². The van der Waals surface area contributed by atoms with E-state index in [-0.39, 0.29) is 6.61 Å². The topological polar surface area (TPSA) is 133 Å². The van der Waals surface area contributed by atoms with Gasteiger partial charge in [-0.15, -0.1) is 0 Å². The highest BCUT2D eigenvalue weighted by Gasteiger charge is 2.53. The Morgan fingerprint density at radius 2 is 1.38 bits per heavy atom. The summed E-state index contributed by atoms with van der Waals surface area (Å²) in [5.74, 6) is -1.52. The summed E-state index contributed by atoms with van der Waals surface area (Å²) in [5, 5.41) is 0. The van der Waals surface area contributed by atoms with Crippen LogP contribution in [0.25, 0.3) is 0 Å². The van der Waals surface area contributed by atoms with Crippen LogP contribution in [0.4, 0.5) is 0 Å². The molecule has 0 spiro atoms. The first kappa shape index (κ1) is 32.9. The Balaban J connectivity index is 2.45. The van der Waals surface area contributed by atoms with Crippen LogP contribution in [0.1, 0.15) is 77.0 Å². The van der Waals surface area contributed by atoms with Crippen molar-refractivity contribution in [2.45, 2.75) is 112 Å². The molecule has 1 fully saturated rings. The van der Waals surface area contributed by atoms with Gasteiger partial charge in [-0.2, -0.15) is 0 Å². The molecule has 0 radical (unpaired) electrons. The zero-order valence-electron chi connectivity index (χ0n) is 24.7. The molecule has 224 valence electrons. The normalized spacial score (nSPS) is 22.1. The number of carbonyl (C=O) groups excluding carboxylic acids is 4. The van der Waals surface area contributed by atoms with Crippen molar-refractivity contribution in [3.05, 3.63) is 22.8 Å². The van der Waals surface area contributed by atoms with Crippen molar-refractivity contribution in [2.24, 2.45) is 0 Å². The monoisotopic (exact) mass is 566 g/mol. The molecule has 0 bridgehead atoms. The van der Waals surface area contributed by atoms with Gasteiger partial charge in [0.2, 0.25) is 12.4 Å². The maximum absolute atomic E-state index is 12.1. The van der Waals surface area contributed by atoms with Crippen LogP contribution in [0.15, 0.2) is 6.07 Å². The molecule has 11 nitrogen and oxygen atoms in total. The van der Waals surface area contributed by atoms with Crippen LogP contribution in [-0.4, -0.2) is 67.8 Å². The quantitative estimate of drug-likeness (QED) is 0.195. The smallest absolute Gasteiger partial charge is 0.303 e. The Morgan fingerprint density at radius 1 is 0.775 bits per heavy atom. The summed E-state index contributed by atoms with van der Waals surface area (Å²) in [6.45, 7) is 12.8. The molecule has 1 saturated heterocycles. The molecule has 0 unspecified atom stereocenters. The van der Waals surface area contributed by atoms with E-state index in [2.05, 4.69) is 6.92 Å². The molecule has 11 heteroatoms. The summed E-state index contributed by atoms with van der Waals surface area (Å²) in [5.41, 5.74) is 2.37. The molecule has 2 rings (SSSR count). The van der Waals surface area contributed by atoms with E-state index in [9.17, 15) is 19.2 Å². The number of carbonyl (C=O) groups is 4. The van der Waals surface area contributed by atoms with Gasteiger partial charge in [-0.3, -0.25) is 19.2 Å². The van der Waals surface area contributed by atoms with Crippen LogP contribution < -0.4 is 9.47 Å². The number of hydrogen-bond donors (Lipinski definition) is 0. The minimum Gasteiger partial charge on any atom is -0.493 e. The second-order valence-corrected chi connectivity index (χ2v) is 9.87. The first-order valence-corrected chi connectivity index (χ1v) is 13.6. The molecule has 1 aliphatic rings. The molecule has 0 aliphatic carbocycles. The highest BCUT2D eigenvalue weighted by atomic mass is 16.7. The van der Waals surface area contributed by atoms with E-state index in [0.717, 1.165) is 48.1 Å². The van der Waals surface area contributed by atoms with Gasteiger partial charge < -0.3 is 33.2 Å². The standard InChI is InChI=1S/C29H42O11/c1-9-10-11-12-13-34-23-14-16(2)25(18(4)17(23)3)40-29-28(38-22(8)33)27(37-21(7)32)26(36-20(6)31)24(39-29)15-35-19(5)30/h14,24,26-29H,9-13,15H2,1-8H3/t24-,26-,27+,28+,29-/m1/s1. The number of ether oxygens (including phenoxy) is 7. The van der Waals surface area contributed by atoms with Crippen molar-refractivity contribution in [2.75, 3.05) is 13.2 Å². The Hall–Kier alpha value is -3.34. The number of esters is 4. The zero-order chi connectivity index (χ0) is 30.0. The summed E-state index contributed by atoms with van der Waals surface area (Å²) >= 11 is 0. The van der Waals surface area contributed by atoms with Crippen LogP contribution in [0.5, 0.6) is 11.5 Å². The van der Waals surface area contributed by atoms with Gasteiger partial charge >= 0.3 is 23.9 Å². The molecule has 0 N–H and O–H groups in total. The lowest BCUT2D eigenvalue weighted by molar-refractivity contribution is -0.288. The van der Waals surface area contributed by atoms with Gasteiger partial charge in [0.1, 0.15) is 24.2 Å². The Bertz CT molecular complexity index is 1050. The van der Waals surface area contributed by atoms with Crippen molar-refractivity contribution in [3.8, 4) is 11.5 Å². The molecule has 0 amide bonds. The summed E-state index contributed by atoms with van der Waals surface area (Å²) in [6, 6.07) is 1.86. The average molecular weight is 567 g/mol. The zero-order valence-corrected chi connectivity index (χ0v) is 24.7.